The minimum atomic E-state index is 0.237. The highest BCUT2D eigenvalue weighted by Gasteiger charge is 2.24. The number of hydrogen-bond donors (Lipinski definition) is 1. The van der Waals surface area contributed by atoms with Gasteiger partial charge in [-0.15, -0.1) is 0 Å². The van der Waals surface area contributed by atoms with Gasteiger partial charge in [0, 0.05) is 37.9 Å². The predicted molar refractivity (Wildman–Crippen MR) is 95.6 cm³/mol. The highest BCUT2D eigenvalue weighted by molar-refractivity contribution is 5.76. The summed E-state index contributed by atoms with van der Waals surface area (Å²) in [6.45, 7) is 4.67. The molecule has 128 valence electrons. The van der Waals surface area contributed by atoms with E-state index in [1.165, 1.54) is 5.56 Å². The van der Waals surface area contributed by atoms with Crippen LogP contribution < -0.4 is 5.73 Å². The summed E-state index contributed by atoms with van der Waals surface area (Å²) in [5.41, 5.74) is 9.09. The summed E-state index contributed by atoms with van der Waals surface area (Å²) in [4.78, 5) is 14.4. The number of likely N-dealkylation sites (tertiary alicyclic amines) is 1. The van der Waals surface area contributed by atoms with Crippen molar-refractivity contribution >= 4 is 11.6 Å². The normalized spacial score (nSPS) is 15.6. The largest absolute Gasteiger partial charge is 0.399 e. The third-order valence-corrected chi connectivity index (χ3v) is 4.96. The number of aromatic nitrogens is 2. The average Bonchev–Trinajstić information content (AvgIpc) is 3.10. The summed E-state index contributed by atoms with van der Waals surface area (Å²) >= 11 is 0. The van der Waals surface area contributed by atoms with Crippen molar-refractivity contribution in [1.29, 1.82) is 0 Å². The highest BCUT2D eigenvalue weighted by atomic mass is 16.2. The van der Waals surface area contributed by atoms with E-state index in [0.717, 1.165) is 43.7 Å². The van der Waals surface area contributed by atoms with Crippen LogP contribution in [0.1, 0.15) is 43.2 Å². The number of nitrogen functional groups attached to an aromatic ring is 1. The van der Waals surface area contributed by atoms with Crippen LogP contribution in [0.2, 0.25) is 0 Å². The topological polar surface area (TPSA) is 64.2 Å². The Bertz CT molecular complexity index is 686. The van der Waals surface area contributed by atoms with Crippen molar-refractivity contribution in [3.05, 3.63) is 47.8 Å². The van der Waals surface area contributed by atoms with Crippen molar-refractivity contribution in [2.45, 2.75) is 45.1 Å². The maximum atomic E-state index is 12.4. The molecule has 2 aromatic rings. The zero-order valence-electron chi connectivity index (χ0n) is 14.3. The van der Waals surface area contributed by atoms with Crippen LogP contribution in [0.3, 0.4) is 0 Å². The maximum absolute atomic E-state index is 12.4. The zero-order chi connectivity index (χ0) is 16.9. The van der Waals surface area contributed by atoms with Crippen molar-refractivity contribution < 1.29 is 4.79 Å². The van der Waals surface area contributed by atoms with Gasteiger partial charge in [-0.05, 0) is 49.3 Å². The SMILES string of the molecule is CCn1cc(C2CCN(C(=O)CCc3ccccc3N)CC2)cn1. The number of piperidine rings is 1. The van der Waals surface area contributed by atoms with Crippen LogP contribution >= 0.6 is 0 Å². The Morgan fingerprint density at radius 1 is 1.29 bits per heavy atom. The van der Waals surface area contributed by atoms with E-state index in [9.17, 15) is 4.79 Å². The monoisotopic (exact) mass is 326 g/mol. The van der Waals surface area contributed by atoms with Gasteiger partial charge < -0.3 is 10.6 Å². The van der Waals surface area contributed by atoms with Crippen molar-refractivity contribution in [3.8, 4) is 0 Å². The summed E-state index contributed by atoms with van der Waals surface area (Å²) in [6, 6.07) is 7.78. The van der Waals surface area contributed by atoms with Crippen LogP contribution in [0.4, 0.5) is 5.69 Å². The van der Waals surface area contributed by atoms with Gasteiger partial charge in [-0.2, -0.15) is 5.10 Å². The molecule has 0 spiro atoms. The summed E-state index contributed by atoms with van der Waals surface area (Å²) in [5, 5.41) is 4.36. The summed E-state index contributed by atoms with van der Waals surface area (Å²) in [7, 11) is 0. The number of amides is 1. The molecule has 1 fully saturated rings. The van der Waals surface area contributed by atoms with E-state index in [4.69, 9.17) is 5.73 Å². The first-order valence-corrected chi connectivity index (χ1v) is 8.81. The number of carbonyl (C=O) groups excluding carboxylic acids is 1. The Morgan fingerprint density at radius 3 is 2.71 bits per heavy atom. The van der Waals surface area contributed by atoms with Gasteiger partial charge in [-0.25, -0.2) is 0 Å². The van der Waals surface area contributed by atoms with Crippen molar-refractivity contribution in [1.82, 2.24) is 14.7 Å². The third kappa shape index (κ3) is 3.78. The first-order valence-electron chi connectivity index (χ1n) is 8.81. The molecular weight excluding hydrogens is 300 g/mol. The van der Waals surface area contributed by atoms with Crippen LogP contribution in [0, 0.1) is 0 Å². The van der Waals surface area contributed by atoms with E-state index in [2.05, 4.69) is 18.2 Å². The average molecular weight is 326 g/mol. The summed E-state index contributed by atoms with van der Waals surface area (Å²) in [6.07, 6.45) is 7.41. The Kier molecular flexibility index (Phi) is 5.18. The van der Waals surface area contributed by atoms with Crippen molar-refractivity contribution in [3.63, 3.8) is 0 Å². The molecule has 2 N–H and O–H groups in total. The van der Waals surface area contributed by atoms with Crippen LogP contribution in [-0.2, 0) is 17.8 Å². The lowest BCUT2D eigenvalue weighted by Gasteiger charge is -2.31. The molecular formula is C19H26N4O. The smallest absolute Gasteiger partial charge is 0.222 e. The Balaban J connectivity index is 1.49. The van der Waals surface area contributed by atoms with E-state index in [0.29, 0.717) is 18.8 Å². The molecule has 0 bridgehead atoms. The second-order valence-electron chi connectivity index (χ2n) is 6.48. The molecule has 1 amide bonds. The predicted octanol–water partition coefficient (Wildman–Crippen LogP) is 2.82. The molecule has 0 unspecified atom stereocenters. The Labute approximate surface area is 143 Å². The first-order chi connectivity index (χ1) is 11.7. The fourth-order valence-corrected chi connectivity index (χ4v) is 3.39. The second-order valence-corrected chi connectivity index (χ2v) is 6.48. The van der Waals surface area contributed by atoms with Gasteiger partial charge in [-0.3, -0.25) is 9.48 Å². The molecule has 1 saturated heterocycles. The van der Waals surface area contributed by atoms with Crippen LogP contribution in [0.5, 0.6) is 0 Å². The fourth-order valence-electron chi connectivity index (χ4n) is 3.39. The number of anilines is 1. The summed E-state index contributed by atoms with van der Waals surface area (Å²) in [5.74, 6) is 0.764. The lowest BCUT2D eigenvalue weighted by Crippen LogP contribution is -2.38. The van der Waals surface area contributed by atoms with E-state index >= 15 is 0 Å². The molecule has 0 radical (unpaired) electrons. The van der Waals surface area contributed by atoms with Crippen LogP contribution in [0.25, 0.3) is 0 Å². The number of rotatable bonds is 5. The number of carbonyl (C=O) groups is 1. The first kappa shape index (κ1) is 16.6. The molecule has 24 heavy (non-hydrogen) atoms. The van der Waals surface area contributed by atoms with E-state index < -0.39 is 0 Å². The Hall–Kier alpha value is -2.30. The molecule has 1 aliphatic rings. The van der Waals surface area contributed by atoms with Gasteiger partial charge in [0.15, 0.2) is 0 Å². The van der Waals surface area contributed by atoms with Crippen LogP contribution in [0.15, 0.2) is 36.7 Å². The molecule has 3 rings (SSSR count). The molecule has 2 heterocycles. The maximum Gasteiger partial charge on any atom is 0.222 e. The number of para-hydroxylation sites is 1. The fraction of sp³-hybridized carbons (Fsp3) is 0.474. The van der Waals surface area contributed by atoms with Gasteiger partial charge in [0.05, 0.1) is 6.20 Å². The number of nitrogens with two attached hydrogens (primary N) is 1. The molecule has 1 aliphatic heterocycles. The summed E-state index contributed by atoms with van der Waals surface area (Å²) < 4.78 is 1.97. The van der Waals surface area contributed by atoms with Gasteiger partial charge >= 0.3 is 0 Å². The van der Waals surface area contributed by atoms with Gasteiger partial charge in [0.1, 0.15) is 0 Å². The molecule has 0 aliphatic carbocycles. The van der Waals surface area contributed by atoms with Gasteiger partial charge in [-0.1, -0.05) is 18.2 Å². The van der Waals surface area contributed by atoms with E-state index in [1.807, 2.05) is 40.0 Å². The molecule has 0 atom stereocenters. The van der Waals surface area contributed by atoms with Crippen molar-refractivity contribution in [2.24, 2.45) is 0 Å². The quantitative estimate of drug-likeness (QED) is 0.859. The van der Waals surface area contributed by atoms with Crippen molar-refractivity contribution in [2.75, 3.05) is 18.8 Å². The molecule has 1 aromatic heterocycles. The van der Waals surface area contributed by atoms with Gasteiger partial charge in [0.2, 0.25) is 5.91 Å². The lowest BCUT2D eigenvalue weighted by atomic mass is 9.91. The number of nitrogens with zero attached hydrogens (tertiary/aromatic N) is 3. The zero-order valence-corrected chi connectivity index (χ0v) is 14.3. The number of benzene rings is 1. The van der Waals surface area contributed by atoms with E-state index in [1.54, 1.807) is 0 Å². The second kappa shape index (κ2) is 7.51. The molecule has 5 nitrogen and oxygen atoms in total. The van der Waals surface area contributed by atoms with Gasteiger partial charge in [0.25, 0.3) is 0 Å². The molecule has 1 aromatic carbocycles. The lowest BCUT2D eigenvalue weighted by molar-refractivity contribution is -0.132. The Morgan fingerprint density at radius 2 is 2.04 bits per heavy atom. The molecule has 5 heteroatoms. The number of aryl methyl sites for hydroxylation is 2. The third-order valence-electron chi connectivity index (χ3n) is 4.96. The molecule has 0 saturated carbocycles. The minimum absolute atomic E-state index is 0.237. The van der Waals surface area contributed by atoms with Crippen LogP contribution in [-0.4, -0.2) is 33.7 Å². The standard InChI is InChI=1S/C19H26N4O/c1-2-23-14-17(13-21-23)15-9-11-22(12-10-15)19(24)8-7-16-5-3-4-6-18(16)20/h3-6,13-15H,2,7-12,20H2,1H3. The highest BCUT2D eigenvalue weighted by Crippen LogP contribution is 2.28. The minimum Gasteiger partial charge on any atom is -0.399 e. The number of hydrogen-bond acceptors (Lipinski definition) is 3. The van der Waals surface area contributed by atoms with E-state index in [-0.39, 0.29) is 5.91 Å².